The smallest absolute Gasteiger partial charge is 0.293 e. The number of nitrogens with zero attached hydrogens (tertiary/aromatic N) is 2. The number of hydrogen-bond donors (Lipinski definition) is 1. The van der Waals surface area contributed by atoms with E-state index in [2.05, 4.69) is 46.9 Å². The van der Waals surface area contributed by atoms with Crippen LogP contribution >= 0.6 is 15.9 Å². The van der Waals surface area contributed by atoms with E-state index in [9.17, 15) is 10.1 Å². The molecule has 0 saturated carbocycles. The lowest BCUT2D eigenvalue weighted by Crippen LogP contribution is -2.37. The average molecular weight is 330 g/mol. The van der Waals surface area contributed by atoms with Crippen LogP contribution < -0.4 is 5.32 Å². The molecule has 0 heterocycles. The molecule has 0 fully saturated rings. The Morgan fingerprint density at radius 1 is 1.42 bits per heavy atom. The van der Waals surface area contributed by atoms with Gasteiger partial charge in [0.25, 0.3) is 5.69 Å². The molecule has 0 radical (unpaired) electrons. The number of nitro benzene ring substituents is 1. The Morgan fingerprint density at radius 2 is 2.05 bits per heavy atom. The number of halogens is 1. The van der Waals surface area contributed by atoms with Crippen LogP contribution in [0.5, 0.6) is 0 Å². The minimum absolute atomic E-state index is 0.0983. The van der Waals surface area contributed by atoms with Gasteiger partial charge in [-0.25, -0.2) is 0 Å². The Bertz CT molecular complexity index is 436. The maximum atomic E-state index is 11.0. The highest BCUT2D eigenvalue weighted by molar-refractivity contribution is 9.10. The fraction of sp³-hybridized carbons (Fsp3) is 0.538. The Kier molecular flexibility index (Phi) is 6.24. The molecule has 1 rings (SSSR count). The summed E-state index contributed by atoms with van der Waals surface area (Å²) in [5.74, 6) is 0. The van der Waals surface area contributed by atoms with Crippen molar-refractivity contribution in [3.05, 3.63) is 32.8 Å². The molecule has 0 aromatic heterocycles. The summed E-state index contributed by atoms with van der Waals surface area (Å²) in [4.78, 5) is 12.9. The fourth-order valence-electron chi connectivity index (χ4n) is 2.04. The SMILES string of the molecule is CCN(CC)C(C)CNc1ccc(Br)cc1[N+](=O)[O-]. The van der Waals surface area contributed by atoms with Crippen molar-refractivity contribution in [2.24, 2.45) is 0 Å². The van der Waals surface area contributed by atoms with Crippen LogP contribution in [0.4, 0.5) is 11.4 Å². The van der Waals surface area contributed by atoms with Crippen molar-refractivity contribution in [1.29, 1.82) is 0 Å². The highest BCUT2D eigenvalue weighted by Gasteiger charge is 2.16. The van der Waals surface area contributed by atoms with Gasteiger partial charge >= 0.3 is 0 Å². The van der Waals surface area contributed by atoms with Crippen molar-refractivity contribution in [3.8, 4) is 0 Å². The highest BCUT2D eigenvalue weighted by Crippen LogP contribution is 2.27. The summed E-state index contributed by atoms with van der Waals surface area (Å²) in [6, 6.07) is 5.39. The molecule has 0 saturated heterocycles. The number of hydrogen-bond acceptors (Lipinski definition) is 4. The number of nitrogens with one attached hydrogen (secondary N) is 1. The standard InChI is InChI=1S/C13H20BrN3O2/c1-4-16(5-2)10(3)9-15-12-7-6-11(14)8-13(12)17(18)19/h6-8,10,15H,4-5,9H2,1-3H3. The molecule has 1 aromatic rings. The van der Waals surface area contributed by atoms with E-state index in [4.69, 9.17) is 0 Å². The van der Waals surface area contributed by atoms with Gasteiger partial charge in [-0.15, -0.1) is 0 Å². The molecule has 0 aliphatic rings. The van der Waals surface area contributed by atoms with Gasteiger partial charge in [0.15, 0.2) is 0 Å². The number of rotatable bonds is 7. The second-order valence-corrected chi connectivity index (χ2v) is 5.29. The normalized spacial score (nSPS) is 12.5. The van der Waals surface area contributed by atoms with E-state index in [0.29, 0.717) is 22.7 Å². The van der Waals surface area contributed by atoms with Gasteiger partial charge in [-0.3, -0.25) is 15.0 Å². The molecule has 19 heavy (non-hydrogen) atoms. The second kappa shape index (κ2) is 7.45. The van der Waals surface area contributed by atoms with Gasteiger partial charge in [0, 0.05) is 23.1 Å². The fourth-order valence-corrected chi connectivity index (χ4v) is 2.39. The Balaban J connectivity index is 2.75. The predicted octanol–water partition coefficient (Wildman–Crippen LogP) is 3.50. The lowest BCUT2D eigenvalue weighted by molar-refractivity contribution is -0.384. The third-order valence-corrected chi connectivity index (χ3v) is 3.67. The molecule has 1 unspecified atom stereocenters. The monoisotopic (exact) mass is 329 g/mol. The molecule has 0 spiro atoms. The summed E-state index contributed by atoms with van der Waals surface area (Å²) in [5, 5.41) is 14.2. The van der Waals surface area contributed by atoms with Crippen LogP contribution in [0.1, 0.15) is 20.8 Å². The molecule has 0 aliphatic heterocycles. The lowest BCUT2D eigenvalue weighted by atomic mass is 10.2. The quantitative estimate of drug-likeness (QED) is 0.614. The summed E-state index contributed by atoms with van der Waals surface area (Å²) in [7, 11) is 0. The highest BCUT2D eigenvalue weighted by atomic mass is 79.9. The predicted molar refractivity (Wildman–Crippen MR) is 81.7 cm³/mol. The van der Waals surface area contributed by atoms with E-state index in [1.54, 1.807) is 12.1 Å². The average Bonchev–Trinajstić information content (AvgIpc) is 2.38. The van der Waals surface area contributed by atoms with Gasteiger partial charge in [0.1, 0.15) is 5.69 Å². The minimum Gasteiger partial charge on any atom is -0.378 e. The topological polar surface area (TPSA) is 58.4 Å². The van der Waals surface area contributed by atoms with Crippen molar-refractivity contribution in [2.75, 3.05) is 25.0 Å². The molecule has 6 heteroatoms. The third kappa shape index (κ3) is 4.47. The van der Waals surface area contributed by atoms with E-state index < -0.39 is 0 Å². The third-order valence-electron chi connectivity index (χ3n) is 3.18. The Hall–Kier alpha value is -1.14. The molecule has 1 aromatic carbocycles. The number of benzene rings is 1. The summed E-state index contributed by atoms with van der Waals surface area (Å²) in [5.41, 5.74) is 0.660. The van der Waals surface area contributed by atoms with Crippen LogP contribution in [0.15, 0.2) is 22.7 Å². The van der Waals surface area contributed by atoms with E-state index in [0.717, 1.165) is 13.1 Å². The van der Waals surface area contributed by atoms with Crippen LogP contribution in [0, 0.1) is 10.1 Å². The molecule has 1 atom stereocenters. The maximum Gasteiger partial charge on any atom is 0.293 e. The molecule has 0 aliphatic carbocycles. The van der Waals surface area contributed by atoms with Crippen molar-refractivity contribution < 1.29 is 4.92 Å². The molecular weight excluding hydrogens is 310 g/mol. The zero-order valence-electron chi connectivity index (χ0n) is 11.5. The first-order valence-electron chi connectivity index (χ1n) is 6.41. The number of likely N-dealkylation sites (N-methyl/N-ethyl adjacent to an activating group) is 1. The van der Waals surface area contributed by atoms with Crippen LogP contribution in [0.3, 0.4) is 0 Å². The zero-order chi connectivity index (χ0) is 14.4. The molecule has 0 amide bonds. The van der Waals surface area contributed by atoms with Gasteiger partial charge in [0.2, 0.25) is 0 Å². The molecule has 0 bridgehead atoms. The van der Waals surface area contributed by atoms with E-state index in [1.165, 1.54) is 6.07 Å². The van der Waals surface area contributed by atoms with Crippen LogP contribution in [-0.2, 0) is 0 Å². The van der Waals surface area contributed by atoms with Gasteiger partial charge in [0.05, 0.1) is 4.92 Å². The summed E-state index contributed by atoms with van der Waals surface area (Å²) < 4.78 is 0.710. The Morgan fingerprint density at radius 3 is 2.58 bits per heavy atom. The molecule has 5 nitrogen and oxygen atoms in total. The minimum atomic E-state index is -0.366. The first-order valence-corrected chi connectivity index (χ1v) is 7.20. The van der Waals surface area contributed by atoms with Crippen molar-refractivity contribution in [1.82, 2.24) is 4.90 Å². The van der Waals surface area contributed by atoms with E-state index in [-0.39, 0.29) is 10.6 Å². The molecule has 106 valence electrons. The largest absolute Gasteiger partial charge is 0.378 e. The van der Waals surface area contributed by atoms with Gasteiger partial charge in [-0.05, 0) is 32.1 Å². The van der Waals surface area contributed by atoms with Crippen LogP contribution in [0.2, 0.25) is 0 Å². The zero-order valence-corrected chi connectivity index (χ0v) is 13.1. The lowest BCUT2D eigenvalue weighted by Gasteiger charge is -2.26. The van der Waals surface area contributed by atoms with E-state index in [1.807, 2.05) is 0 Å². The summed E-state index contributed by atoms with van der Waals surface area (Å²) in [6.45, 7) is 8.97. The van der Waals surface area contributed by atoms with Gasteiger partial charge in [-0.2, -0.15) is 0 Å². The summed E-state index contributed by atoms with van der Waals surface area (Å²) in [6.07, 6.45) is 0. The molecule has 1 N–H and O–H groups in total. The number of anilines is 1. The summed E-state index contributed by atoms with van der Waals surface area (Å²) >= 11 is 3.25. The van der Waals surface area contributed by atoms with Gasteiger partial charge < -0.3 is 5.32 Å². The second-order valence-electron chi connectivity index (χ2n) is 4.37. The molecular formula is C13H20BrN3O2. The first-order chi connectivity index (χ1) is 8.99. The van der Waals surface area contributed by atoms with Crippen LogP contribution in [0.25, 0.3) is 0 Å². The van der Waals surface area contributed by atoms with Crippen molar-refractivity contribution in [3.63, 3.8) is 0 Å². The van der Waals surface area contributed by atoms with Gasteiger partial charge in [-0.1, -0.05) is 29.8 Å². The van der Waals surface area contributed by atoms with Crippen molar-refractivity contribution in [2.45, 2.75) is 26.8 Å². The van der Waals surface area contributed by atoms with Crippen LogP contribution in [-0.4, -0.2) is 35.5 Å². The maximum absolute atomic E-state index is 11.0. The van der Waals surface area contributed by atoms with E-state index >= 15 is 0 Å². The Labute approximate surface area is 122 Å². The first kappa shape index (κ1) is 15.9. The number of nitro groups is 1. The van der Waals surface area contributed by atoms with Crippen molar-refractivity contribution >= 4 is 27.3 Å².